The molecular formula is C7H8ClFN2. The summed E-state index contributed by atoms with van der Waals surface area (Å²) in [6.45, 7) is 1.81. The van der Waals surface area contributed by atoms with Crippen molar-refractivity contribution in [3.63, 3.8) is 0 Å². The van der Waals surface area contributed by atoms with Gasteiger partial charge in [-0.1, -0.05) is 18.5 Å². The van der Waals surface area contributed by atoms with E-state index in [2.05, 4.69) is 4.98 Å². The number of aromatic nitrogens is 1. The highest BCUT2D eigenvalue weighted by molar-refractivity contribution is 6.31. The molecule has 0 amide bonds. The van der Waals surface area contributed by atoms with Crippen LogP contribution < -0.4 is 5.73 Å². The van der Waals surface area contributed by atoms with Gasteiger partial charge < -0.3 is 5.73 Å². The molecule has 2 N–H and O–H groups in total. The van der Waals surface area contributed by atoms with Gasteiger partial charge in [-0.25, -0.2) is 9.37 Å². The van der Waals surface area contributed by atoms with Crippen LogP contribution in [-0.4, -0.2) is 4.98 Å². The highest BCUT2D eigenvalue weighted by atomic mass is 35.5. The average Bonchev–Trinajstić information content (AvgIpc) is 1.99. The summed E-state index contributed by atoms with van der Waals surface area (Å²) in [6.07, 6.45) is 1.89. The Morgan fingerprint density at radius 2 is 2.36 bits per heavy atom. The molecule has 0 fully saturated rings. The Morgan fingerprint density at radius 3 is 2.82 bits per heavy atom. The number of halogens is 2. The molecule has 1 heterocycles. The second-order valence-corrected chi connectivity index (χ2v) is 2.54. The van der Waals surface area contributed by atoms with E-state index in [1.54, 1.807) is 0 Å². The molecule has 0 aliphatic heterocycles. The van der Waals surface area contributed by atoms with E-state index in [1.807, 2.05) is 6.92 Å². The van der Waals surface area contributed by atoms with Crippen LogP contribution in [-0.2, 0) is 6.42 Å². The standard InChI is InChI=1S/C7H8ClFN2/c1-2-4-5(8)3-11-7(10)6(4)9/h3H,2H2,1H3,(H2,10,11). The van der Waals surface area contributed by atoms with Crippen molar-refractivity contribution in [3.05, 3.63) is 22.6 Å². The number of hydrogen-bond donors (Lipinski definition) is 1. The Bertz CT molecular complexity index is 275. The highest BCUT2D eigenvalue weighted by Gasteiger charge is 2.08. The fourth-order valence-corrected chi connectivity index (χ4v) is 1.11. The molecule has 4 heteroatoms. The van der Waals surface area contributed by atoms with Gasteiger partial charge in [0.1, 0.15) is 0 Å². The number of pyridine rings is 1. The van der Waals surface area contributed by atoms with Crippen molar-refractivity contribution in [1.82, 2.24) is 4.98 Å². The number of rotatable bonds is 1. The first-order chi connectivity index (χ1) is 5.16. The molecule has 0 aliphatic rings. The van der Waals surface area contributed by atoms with Gasteiger partial charge in [0.15, 0.2) is 11.6 Å². The third-order valence-corrected chi connectivity index (χ3v) is 1.77. The van der Waals surface area contributed by atoms with Crippen molar-refractivity contribution < 1.29 is 4.39 Å². The number of nitrogens with zero attached hydrogens (tertiary/aromatic N) is 1. The normalized spacial score (nSPS) is 10.1. The summed E-state index contributed by atoms with van der Waals surface area (Å²) >= 11 is 5.64. The van der Waals surface area contributed by atoms with E-state index >= 15 is 0 Å². The quantitative estimate of drug-likeness (QED) is 0.708. The molecule has 11 heavy (non-hydrogen) atoms. The van der Waals surface area contributed by atoms with E-state index in [0.29, 0.717) is 17.0 Å². The molecule has 0 bridgehead atoms. The molecule has 0 saturated carbocycles. The minimum atomic E-state index is -0.500. The maximum Gasteiger partial charge on any atom is 0.169 e. The molecule has 1 aromatic heterocycles. The van der Waals surface area contributed by atoms with Gasteiger partial charge in [-0.15, -0.1) is 0 Å². The SMILES string of the molecule is CCc1c(Cl)cnc(N)c1F. The van der Waals surface area contributed by atoms with E-state index < -0.39 is 5.82 Å². The lowest BCUT2D eigenvalue weighted by Crippen LogP contribution is -1.99. The molecule has 0 saturated heterocycles. The van der Waals surface area contributed by atoms with Crippen LogP contribution in [0.4, 0.5) is 10.2 Å². The summed E-state index contributed by atoms with van der Waals surface area (Å²) < 4.78 is 13.0. The van der Waals surface area contributed by atoms with Crippen molar-refractivity contribution in [2.75, 3.05) is 5.73 Å². The van der Waals surface area contributed by atoms with Crippen LogP contribution in [0.2, 0.25) is 5.02 Å². The Labute approximate surface area is 69.2 Å². The van der Waals surface area contributed by atoms with Gasteiger partial charge in [0.25, 0.3) is 0 Å². The second kappa shape index (κ2) is 3.05. The fourth-order valence-electron chi connectivity index (χ4n) is 0.844. The molecule has 1 aromatic rings. The van der Waals surface area contributed by atoms with Crippen molar-refractivity contribution in [1.29, 1.82) is 0 Å². The zero-order valence-corrected chi connectivity index (χ0v) is 6.82. The number of nitrogen functional groups attached to an aromatic ring is 1. The van der Waals surface area contributed by atoms with Crippen molar-refractivity contribution >= 4 is 17.4 Å². The summed E-state index contributed by atoms with van der Waals surface area (Å²) in [5.41, 5.74) is 5.65. The van der Waals surface area contributed by atoms with Crippen molar-refractivity contribution in [2.45, 2.75) is 13.3 Å². The first-order valence-electron chi connectivity index (χ1n) is 3.25. The van der Waals surface area contributed by atoms with Crippen LogP contribution in [0.15, 0.2) is 6.20 Å². The number of nitrogens with two attached hydrogens (primary N) is 1. The van der Waals surface area contributed by atoms with E-state index in [9.17, 15) is 4.39 Å². The Balaban J connectivity index is 3.29. The van der Waals surface area contributed by atoms with E-state index in [-0.39, 0.29) is 5.82 Å². The zero-order chi connectivity index (χ0) is 8.43. The molecule has 2 nitrogen and oxygen atoms in total. The summed E-state index contributed by atoms with van der Waals surface area (Å²) in [7, 11) is 0. The summed E-state index contributed by atoms with van der Waals surface area (Å²) in [5, 5.41) is 0.333. The van der Waals surface area contributed by atoms with Gasteiger partial charge in [0.2, 0.25) is 0 Å². The predicted octanol–water partition coefficient (Wildman–Crippen LogP) is 2.02. The first kappa shape index (κ1) is 8.27. The van der Waals surface area contributed by atoms with Crippen LogP contribution in [0.1, 0.15) is 12.5 Å². The maximum atomic E-state index is 13.0. The molecule has 60 valence electrons. The Kier molecular flexibility index (Phi) is 2.29. The molecular weight excluding hydrogens is 167 g/mol. The van der Waals surface area contributed by atoms with Gasteiger partial charge in [-0.3, -0.25) is 0 Å². The highest BCUT2D eigenvalue weighted by Crippen LogP contribution is 2.21. The van der Waals surface area contributed by atoms with Gasteiger partial charge >= 0.3 is 0 Å². The van der Waals surface area contributed by atoms with E-state index in [4.69, 9.17) is 17.3 Å². The van der Waals surface area contributed by atoms with Crippen LogP contribution in [0, 0.1) is 5.82 Å². The minimum absolute atomic E-state index is 0.0914. The van der Waals surface area contributed by atoms with Gasteiger partial charge in [0, 0.05) is 11.8 Å². The summed E-state index contributed by atoms with van der Waals surface area (Å²) in [4.78, 5) is 3.56. The smallest absolute Gasteiger partial charge is 0.169 e. The van der Waals surface area contributed by atoms with Crippen LogP contribution >= 0.6 is 11.6 Å². The van der Waals surface area contributed by atoms with Gasteiger partial charge in [-0.05, 0) is 6.42 Å². The monoisotopic (exact) mass is 174 g/mol. The van der Waals surface area contributed by atoms with Gasteiger partial charge in [0.05, 0.1) is 5.02 Å². The maximum absolute atomic E-state index is 13.0. The summed E-state index contributed by atoms with van der Waals surface area (Å²) in [6, 6.07) is 0. The van der Waals surface area contributed by atoms with Crippen LogP contribution in [0.5, 0.6) is 0 Å². The average molecular weight is 175 g/mol. The molecule has 0 atom stereocenters. The van der Waals surface area contributed by atoms with Crippen molar-refractivity contribution in [2.24, 2.45) is 0 Å². The summed E-state index contributed by atoms with van der Waals surface area (Å²) in [5.74, 6) is -0.591. The minimum Gasteiger partial charge on any atom is -0.381 e. The van der Waals surface area contributed by atoms with Crippen LogP contribution in [0.3, 0.4) is 0 Å². The van der Waals surface area contributed by atoms with Crippen molar-refractivity contribution in [3.8, 4) is 0 Å². The Morgan fingerprint density at radius 1 is 1.73 bits per heavy atom. The lowest BCUT2D eigenvalue weighted by atomic mass is 10.2. The first-order valence-corrected chi connectivity index (χ1v) is 3.63. The topological polar surface area (TPSA) is 38.9 Å². The number of hydrogen-bond acceptors (Lipinski definition) is 2. The molecule has 1 rings (SSSR count). The van der Waals surface area contributed by atoms with E-state index in [1.165, 1.54) is 6.20 Å². The third-order valence-electron chi connectivity index (χ3n) is 1.45. The van der Waals surface area contributed by atoms with Crippen LogP contribution in [0.25, 0.3) is 0 Å². The molecule has 0 aliphatic carbocycles. The second-order valence-electron chi connectivity index (χ2n) is 2.14. The lowest BCUT2D eigenvalue weighted by molar-refractivity contribution is 0.611. The fraction of sp³-hybridized carbons (Fsp3) is 0.286. The molecule has 0 radical (unpaired) electrons. The van der Waals surface area contributed by atoms with Gasteiger partial charge in [-0.2, -0.15) is 0 Å². The Hall–Kier alpha value is -0.830. The molecule has 0 unspecified atom stereocenters. The molecule has 0 aromatic carbocycles. The zero-order valence-electron chi connectivity index (χ0n) is 6.06. The largest absolute Gasteiger partial charge is 0.381 e. The molecule has 0 spiro atoms. The predicted molar refractivity (Wildman–Crippen MR) is 43.0 cm³/mol. The lowest BCUT2D eigenvalue weighted by Gasteiger charge is -2.03. The number of anilines is 1. The third kappa shape index (κ3) is 1.43. The van der Waals surface area contributed by atoms with E-state index in [0.717, 1.165) is 0 Å².